The number of hydrogen-bond donors (Lipinski definition) is 3. The van der Waals surface area contributed by atoms with Crippen LogP contribution in [0.15, 0.2) is 0 Å². The van der Waals surface area contributed by atoms with Gasteiger partial charge in [-0.1, -0.05) is 0 Å². The van der Waals surface area contributed by atoms with Crippen LogP contribution >= 0.6 is 0 Å². The molecule has 0 spiro atoms. The van der Waals surface area contributed by atoms with Crippen molar-refractivity contribution in [3.63, 3.8) is 0 Å². The van der Waals surface area contributed by atoms with Crippen LogP contribution in [-0.4, -0.2) is 30.2 Å². The smallest absolute Gasteiger partial charge is 0.231 e. The summed E-state index contributed by atoms with van der Waals surface area (Å²) in [6.07, 6.45) is 1.92. The Labute approximate surface area is 65.8 Å². The second kappa shape index (κ2) is 3.69. The molecule has 1 atom stereocenters. The van der Waals surface area contributed by atoms with E-state index >= 15 is 0 Å². The van der Waals surface area contributed by atoms with E-state index in [1.165, 1.54) is 0 Å². The van der Waals surface area contributed by atoms with Gasteiger partial charge >= 0.3 is 0 Å². The lowest BCUT2D eigenvalue weighted by Gasteiger charge is -2.08. The van der Waals surface area contributed by atoms with E-state index in [4.69, 9.17) is 5.73 Å². The monoisotopic (exact) mass is 158 g/mol. The molecule has 0 aromatic rings. The van der Waals surface area contributed by atoms with E-state index in [9.17, 15) is 9.90 Å². The van der Waals surface area contributed by atoms with Crippen LogP contribution in [0.1, 0.15) is 12.8 Å². The third kappa shape index (κ3) is 3.34. The summed E-state index contributed by atoms with van der Waals surface area (Å²) in [7, 11) is 0. The van der Waals surface area contributed by atoms with Gasteiger partial charge in [0.1, 0.15) is 0 Å². The number of nitrogens with one attached hydrogen (secondary N) is 1. The Hall–Kier alpha value is -0.610. The van der Waals surface area contributed by atoms with Crippen molar-refractivity contribution in [1.82, 2.24) is 5.32 Å². The quantitative estimate of drug-likeness (QED) is 0.472. The second-order valence-corrected chi connectivity index (χ2v) is 3.00. The maximum atomic E-state index is 10.2. The van der Waals surface area contributed by atoms with Gasteiger partial charge < -0.3 is 16.2 Å². The number of aliphatic hydroxyl groups is 1. The maximum Gasteiger partial charge on any atom is 0.231 e. The standard InChI is InChI=1S/C7H14N2O2/c8-7(11)4-9-3-6(10)5-1-2-5/h5-6,9-10H,1-4H2,(H2,8,11). The molecule has 0 saturated heterocycles. The fourth-order valence-electron chi connectivity index (χ4n) is 0.991. The number of rotatable bonds is 5. The minimum absolute atomic E-state index is 0.157. The molecule has 4 nitrogen and oxygen atoms in total. The van der Waals surface area contributed by atoms with Crippen LogP contribution in [-0.2, 0) is 4.79 Å². The highest BCUT2D eigenvalue weighted by Gasteiger charge is 2.29. The van der Waals surface area contributed by atoms with Crippen LogP contribution in [0.25, 0.3) is 0 Å². The fraction of sp³-hybridized carbons (Fsp3) is 0.857. The van der Waals surface area contributed by atoms with Crippen molar-refractivity contribution in [3.8, 4) is 0 Å². The van der Waals surface area contributed by atoms with Crippen molar-refractivity contribution in [3.05, 3.63) is 0 Å². The molecule has 1 unspecified atom stereocenters. The van der Waals surface area contributed by atoms with Crippen molar-refractivity contribution < 1.29 is 9.90 Å². The molecule has 0 aromatic heterocycles. The molecule has 4 heteroatoms. The van der Waals surface area contributed by atoms with Crippen molar-refractivity contribution in [1.29, 1.82) is 0 Å². The van der Waals surface area contributed by atoms with Crippen LogP contribution in [0, 0.1) is 5.92 Å². The van der Waals surface area contributed by atoms with Crippen LogP contribution < -0.4 is 11.1 Å². The van der Waals surface area contributed by atoms with Crippen LogP contribution in [0.5, 0.6) is 0 Å². The van der Waals surface area contributed by atoms with Crippen LogP contribution in [0.2, 0.25) is 0 Å². The van der Waals surface area contributed by atoms with Crippen molar-refractivity contribution in [2.75, 3.05) is 13.1 Å². The second-order valence-electron chi connectivity index (χ2n) is 3.00. The largest absolute Gasteiger partial charge is 0.392 e. The summed E-state index contributed by atoms with van der Waals surface area (Å²) in [5.74, 6) is 0.0726. The van der Waals surface area contributed by atoms with Gasteiger partial charge in [-0.15, -0.1) is 0 Å². The van der Waals surface area contributed by atoms with Crippen molar-refractivity contribution in [2.24, 2.45) is 11.7 Å². The van der Waals surface area contributed by atoms with E-state index in [-0.39, 0.29) is 18.6 Å². The summed E-state index contributed by atoms with van der Waals surface area (Å²) < 4.78 is 0. The molecule has 1 aliphatic carbocycles. The fourth-order valence-corrected chi connectivity index (χ4v) is 0.991. The van der Waals surface area contributed by atoms with E-state index in [2.05, 4.69) is 5.32 Å². The lowest BCUT2D eigenvalue weighted by atomic mass is 10.2. The minimum Gasteiger partial charge on any atom is -0.392 e. The number of aliphatic hydroxyl groups excluding tert-OH is 1. The van der Waals surface area contributed by atoms with Crippen LogP contribution in [0.3, 0.4) is 0 Å². The molecular weight excluding hydrogens is 144 g/mol. The van der Waals surface area contributed by atoms with E-state index in [1.54, 1.807) is 0 Å². The Morgan fingerprint density at radius 2 is 2.36 bits per heavy atom. The number of primary amides is 1. The van der Waals surface area contributed by atoms with Gasteiger partial charge in [0.05, 0.1) is 12.6 Å². The molecule has 0 aliphatic heterocycles. The molecule has 0 radical (unpaired) electrons. The third-order valence-electron chi connectivity index (χ3n) is 1.82. The highest BCUT2D eigenvalue weighted by molar-refractivity contribution is 5.75. The third-order valence-corrected chi connectivity index (χ3v) is 1.82. The first kappa shape index (κ1) is 8.49. The first-order valence-electron chi connectivity index (χ1n) is 3.87. The zero-order chi connectivity index (χ0) is 8.27. The van der Waals surface area contributed by atoms with Gasteiger partial charge in [0.15, 0.2) is 0 Å². The molecule has 64 valence electrons. The molecule has 1 amide bonds. The Bertz CT molecular complexity index is 145. The molecule has 0 bridgehead atoms. The van der Waals surface area contributed by atoms with Gasteiger partial charge in [0, 0.05) is 6.54 Å². The van der Waals surface area contributed by atoms with E-state index in [1.807, 2.05) is 0 Å². The maximum absolute atomic E-state index is 10.2. The predicted molar refractivity (Wildman–Crippen MR) is 40.8 cm³/mol. The lowest BCUT2D eigenvalue weighted by Crippen LogP contribution is -2.34. The SMILES string of the molecule is NC(=O)CNCC(O)C1CC1. The number of amides is 1. The number of carbonyl (C=O) groups is 1. The molecule has 1 fully saturated rings. The van der Waals surface area contributed by atoms with Gasteiger partial charge in [-0.2, -0.15) is 0 Å². The summed E-state index contributed by atoms with van der Waals surface area (Å²) in [5, 5.41) is 12.1. The summed E-state index contributed by atoms with van der Waals surface area (Å²) in [6, 6.07) is 0. The Morgan fingerprint density at radius 3 is 2.82 bits per heavy atom. The summed E-state index contributed by atoms with van der Waals surface area (Å²) in [5.41, 5.74) is 4.89. The summed E-state index contributed by atoms with van der Waals surface area (Å²) in [4.78, 5) is 10.2. The van der Waals surface area contributed by atoms with Gasteiger partial charge in [-0.05, 0) is 18.8 Å². The van der Waals surface area contributed by atoms with Crippen LogP contribution in [0.4, 0.5) is 0 Å². The Balaban J connectivity index is 1.97. The average Bonchev–Trinajstić information content (AvgIpc) is 2.66. The molecule has 0 heterocycles. The molecule has 1 saturated carbocycles. The predicted octanol–water partition coefficient (Wildman–Crippen LogP) is -1.17. The summed E-state index contributed by atoms with van der Waals surface area (Å²) >= 11 is 0. The normalized spacial score (nSPS) is 19.7. The van der Waals surface area contributed by atoms with Gasteiger partial charge in [0.25, 0.3) is 0 Å². The first-order chi connectivity index (χ1) is 5.20. The first-order valence-corrected chi connectivity index (χ1v) is 3.87. The highest BCUT2D eigenvalue weighted by atomic mass is 16.3. The number of hydrogen-bond acceptors (Lipinski definition) is 3. The Kier molecular flexibility index (Phi) is 2.84. The summed E-state index contributed by atoms with van der Waals surface area (Å²) in [6.45, 7) is 0.636. The molecule has 4 N–H and O–H groups in total. The van der Waals surface area contributed by atoms with Crippen molar-refractivity contribution in [2.45, 2.75) is 18.9 Å². The molecule has 0 aromatic carbocycles. The van der Waals surface area contributed by atoms with Gasteiger partial charge in [-0.3, -0.25) is 4.79 Å². The molecule has 11 heavy (non-hydrogen) atoms. The number of carbonyl (C=O) groups excluding carboxylic acids is 1. The topological polar surface area (TPSA) is 75.4 Å². The molecule has 1 rings (SSSR count). The average molecular weight is 158 g/mol. The van der Waals surface area contributed by atoms with Gasteiger partial charge in [-0.25, -0.2) is 0 Å². The number of nitrogens with two attached hydrogens (primary N) is 1. The van der Waals surface area contributed by atoms with Gasteiger partial charge in [0.2, 0.25) is 5.91 Å². The lowest BCUT2D eigenvalue weighted by molar-refractivity contribution is -0.117. The van der Waals surface area contributed by atoms with E-state index in [0.29, 0.717) is 12.5 Å². The van der Waals surface area contributed by atoms with Crippen molar-refractivity contribution >= 4 is 5.91 Å². The zero-order valence-corrected chi connectivity index (χ0v) is 6.42. The highest BCUT2D eigenvalue weighted by Crippen LogP contribution is 2.32. The Morgan fingerprint density at radius 1 is 1.73 bits per heavy atom. The minimum atomic E-state index is -0.381. The van der Waals surface area contributed by atoms with E-state index in [0.717, 1.165) is 12.8 Å². The van der Waals surface area contributed by atoms with E-state index < -0.39 is 0 Å². The molecular formula is C7H14N2O2. The molecule has 1 aliphatic rings. The zero-order valence-electron chi connectivity index (χ0n) is 6.42.